The number of piperidine rings is 1. The third kappa shape index (κ3) is 3.93. The molecule has 8 heteroatoms. The highest BCUT2D eigenvalue weighted by atomic mass is 32.2. The van der Waals surface area contributed by atoms with Gasteiger partial charge in [0.2, 0.25) is 10.0 Å². The van der Waals surface area contributed by atoms with Gasteiger partial charge in [-0.2, -0.15) is 0 Å². The summed E-state index contributed by atoms with van der Waals surface area (Å²) >= 11 is 0. The molecule has 2 saturated heterocycles. The molecule has 2 aliphatic rings. The molecular weight excluding hydrogens is 300 g/mol. The summed E-state index contributed by atoms with van der Waals surface area (Å²) in [6, 6.07) is 0. The van der Waals surface area contributed by atoms with Crippen molar-refractivity contribution in [3.63, 3.8) is 0 Å². The lowest BCUT2D eigenvalue weighted by atomic mass is 10.00. The van der Waals surface area contributed by atoms with E-state index in [1.165, 1.54) is 4.31 Å². The van der Waals surface area contributed by atoms with Crippen LogP contribution in [0.4, 0.5) is 0 Å². The van der Waals surface area contributed by atoms with Crippen molar-refractivity contribution in [1.82, 2.24) is 9.62 Å². The molecule has 0 amide bonds. The van der Waals surface area contributed by atoms with Crippen LogP contribution in [0.1, 0.15) is 25.7 Å². The Kier molecular flexibility index (Phi) is 5.09. The summed E-state index contributed by atoms with van der Waals surface area (Å²) in [6.45, 7) is 2.39. The highest BCUT2D eigenvalue weighted by Gasteiger charge is 2.35. The summed E-state index contributed by atoms with van der Waals surface area (Å²) in [5.41, 5.74) is 0. The molecule has 0 bridgehead atoms. The molecule has 0 saturated carbocycles. The Morgan fingerprint density at radius 3 is 2.40 bits per heavy atom. The van der Waals surface area contributed by atoms with Crippen molar-refractivity contribution in [2.45, 2.75) is 30.9 Å². The zero-order valence-corrected chi connectivity index (χ0v) is 13.5. The van der Waals surface area contributed by atoms with Crippen LogP contribution in [-0.2, 0) is 19.9 Å². The fraction of sp³-hybridized carbons (Fsp3) is 1.00. The largest absolute Gasteiger partial charge is 0.316 e. The van der Waals surface area contributed by atoms with Gasteiger partial charge in [-0.1, -0.05) is 0 Å². The van der Waals surface area contributed by atoms with Gasteiger partial charge in [0.15, 0.2) is 0 Å². The van der Waals surface area contributed by atoms with Gasteiger partial charge in [-0.3, -0.25) is 0 Å². The molecule has 0 aromatic heterocycles. The summed E-state index contributed by atoms with van der Waals surface area (Å²) in [5.74, 6) is 0.349. The van der Waals surface area contributed by atoms with E-state index in [2.05, 4.69) is 5.32 Å². The number of sulfone groups is 1. The summed E-state index contributed by atoms with van der Waals surface area (Å²) in [7, 11) is -4.77. The zero-order valence-electron chi connectivity index (χ0n) is 11.9. The Labute approximate surface area is 121 Å². The van der Waals surface area contributed by atoms with E-state index in [9.17, 15) is 16.8 Å². The smallest absolute Gasteiger partial charge is 0.216 e. The number of nitrogens with zero attached hydrogens (tertiary/aromatic N) is 1. The second kappa shape index (κ2) is 6.29. The average Bonchev–Trinajstić information content (AvgIpc) is 2.39. The Bertz CT molecular complexity index is 510. The van der Waals surface area contributed by atoms with Crippen molar-refractivity contribution in [3.8, 4) is 0 Å². The van der Waals surface area contributed by atoms with Gasteiger partial charge < -0.3 is 5.32 Å². The van der Waals surface area contributed by atoms with E-state index in [-0.39, 0.29) is 24.3 Å². The molecule has 2 aliphatic heterocycles. The first-order chi connectivity index (χ1) is 9.31. The van der Waals surface area contributed by atoms with Crippen LogP contribution in [0.25, 0.3) is 0 Å². The van der Waals surface area contributed by atoms with Crippen LogP contribution in [0.5, 0.6) is 0 Å². The summed E-state index contributed by atoms with van der Waals surface area (Å²) in [4.78, 5) is 0. The molecule has 0 spiro atoms. The number of hydrogen-bond acceptors (Lipinski definition) is 5. The van der Waals surface area contributed by atoms with Crippen LogP contribution in [0, 0.1) is 5.92 Å². The van der Waals surface area contributed by atoms with E-state index in [1.54, 1.807) is 7.05 Å². The molecule has 0 radical (unpaired) electrons. The van der Waals surface area contributed by atoms with Gasteiger partial charge in [-0.05, 0) is 44.7 Å². The van der Waals surface area contributed by atoms with Crippen molar-refractivity contribution in [3.05, 3.63) is 0 Å². The number of rotatable bonds is 4. The molecule has 0 aromatic carbocycles. The normalized spacial score (nSPS) is 28.6. The fourth-order valence-electron chi connectivity index (χ4n) is 2.97. The molecule has 1 atom stereocenters. The SMILES string of the molecule is CN(CC1CCCNC1)S(=O)(=O)C1CCS(=O)(=O)CC1. The fourth-order valence-corrected chi connectivity index (χ4v) is 6.52. The summed E-state index contributed by atoms with van der Waals surface area (Å²) < 4.78 is 49.2. The van der Waals surface area contributed by atoms with E-state index in [1.807, 2.05) is 0 Å². The molecule has 1 unspecified atom stereocenters. The maximum Gasteiger partial charge on any atom is 0.216 e. The molecule has 0 aliphatic carbocycles. The number of nitrogens with one attached hydrogen (secondary N) is 1. The van der Waals surface area contributed by atoms with E-state index < -0.39 is 25.1 Å². The maximum absolute atomic E-state index is 12.5. The van der Waals surface area contributed by atoms with Crippen LogP contribution in [0.2, 0.25) is 0 Å². The molecule has 1 N–H and O–H groups in total. The van der Waals surface area contributed by atoms with Gasteiger partial charge in [0.25, 0.3) is 0 Å². The van der Waals surface area contributed by atoms with Crippen LogP contribution >= 0.6 is 0 Å². The Hall–Kier alpha value is -0.180. The zero-order chi connectivity index (χ0) is 14.8. The van der Waals surface area contributed by atoms with Gasteiger partial charge in [-0.15, -0.1) is 0 Å². The predicted molar refractivity (Wildman–Crippen MR) is 78.8 cm³/mol. The molecule has 118 valence electrons. The highest BCUT2D eigenvalue weighted by Crippen LogP contribution is 2.23. The Morgan fingerprint density at radius 1 is 1.20 bits per heavy atom. The second-order valence-electron chi connectivity index (χ2n) is 5.89. The van der Waals surface area contributed by atoms with Crippen LogP contribution in [-0.4, -0.2) is 64.6 Å². The highest BCUT2D eigenvalue weighted by molar-refractivity contribution is 7.92. The van der Waals surface area contributed by atoms with Crippen molar-refractivity contribution in [1.29, 1.82) is 0 Å². The van der Waals surface area contributed by atoms with Crippen LogP contribution in [0.15, 0.2) is 0 Å². The van der Waals surface area contributed by atoms with Gasteiger partial charge in [0.1, 0.15) is 9.84 Å². The van der Waals surface area contributed by atoms with E-state index >= 15 is 0 Å². The van der Waals surface area contributed by atoms with Crippen molar-refractivity contribution >= 4 is 19.9 Å². The first-order valence-corrected chi connectivity index (χ1v) is 10.5. The monoisotopic (exact) mass is 324 g/mol. The topological polar surface area (TPSA) is 83.6 Å². The summed E-state index contributed by atoms with van der Waals surface area (Å²) in [5, 5.41) is 2.75. The Balaban J connectivity index is 1.95. The summed E-state index contributed by atoms with van der Waals surface area (Å²) in [6.07, 6.45) is 2.60. The minimum Gasteiger partial charge on any atom is -0.316 e. The van der Waals surface area contributed by atoms with E-state index in [4.69, 9.17) is 0 Å². The van der Waals surface area contributed by atoms with Gasteiger partial charge in [0.05, 0.1) is 16.8 Å². The van der Waals surface area contributed by atoms with Crippen LogP contribution < -0.4 is 5.32 Å². The molecule has 2 rings (SSSR count). The standard InChI is InChI=1S/C12H24N2O4S2/c1-14(10-11-3-2-6-13-9-11)20(17,18)12-4-7-19(15,16)8-5-12/h11-13H,2-10H2,1H3. The van der Waals surface area contributed by atoms with Gasteiger partial charge in [-0.25, -0.2) is 21.1 Å². The Morgan fingerprint density at radius 2 is 1.85 bits per heavy atom. The molecule has 2 heterocycles. The van der Waals surface area contributed by atoms with E-state index in [0.29, 0.717) is 12.5 Å². The molecule has 6 nitrogen and oxygen atoms in total. The molecular formula is C12H24N2O4S2. The van der Waals surface area contributed by atoms with Crippen molar-refractivity contribution in [2.24, 2.45) is 5.92 Å². The minimum absolute atomic E-state index is 0.00425. The molecule has 20 heavy (non-hydrogen) atoms. The van der Waals surface area contributed by atoms with Gasteiger partial charge in [0, 0.05) is 13.6 Å². The average molecular weight is 324 g/mol. The van der Waals surface area contributed by atoms with Crippen LogP contribution in [0.3, 0.4) is 0 Å². The van der Waals surface area contributed by atoms with E-state index in [0.717, 1.165) is 25.9 Å². The van der Waals surface area contributed by atoms with Gasteiger partial charge >= 0.3 is 0 Å². The lowest BCUT2D eigenvalue weighted by Crippen LogP contribution is -2.44. The first kappa shape index (κ1) is 16.2. The van der Waals surface area contributed by atoms with Crippen molar-refractivity contribution < 1.29 is 16.8 Å². The second-order valence-corrected chi connectivity index (χ2v) is 10.5. The predicted octanol–water partition coefficient (Wildman–Crippen LogP) is -0.175. The van der Waals surface area contributed by atoms with Crippen molar-refractivity contribution in [2.75, 3.05) is 38.2 Å². The maximum atomic E-state index is 12.5. The first-order valence-electron chi connectivity index (χ1n) is 7.17. The number of hydrogen-bond donors (Lipinski definition) is 1. The quantitative estimate of drug-likeness (QED) is 0.776. The molecule has 2 fully saturated rings. The lowest BCUT2D eigenvalue weighted by molar-refractivity contribution is 0.312. The third-order valence-electron chi connectivity index (χ3n) is 4.27. The lowest BCUT2D eigenvalue weighted by Gasteiger charge is -2.31. The number of sulfonamides is 1. The minimum atomic E-state index is -3.37. The third-order valence-corrected chi connectivity index (χ3v) is 8.32. The molecule has 0 aromatic rings.